The van der Waals surface area contributed by atoms with Crippen LogP contribution in [0.25, 0.3) is 0 Å². The number of rotatable bonds is 5. The number of hydrogen-bond donors (Lipinski definition) is 2. The van der Waals surface area contributed by atoms with E-state index in [1.54, 1.807) is 12.1 Å². The van der Waals surface area contributed by atoms with E-state index in [4.69, 9.17) is 22.1 Å². The Balaban J connectivity index is 2.01. The molecule has 0 radical (unpaired) electrons. The van der Waals surface area contributed by atoms with Crippen LogP contribution in [0.5, 0.6) is 5.75 Å². The number of carbonyl (C=O) groups excluding carboxylic acids is 1. The molecular weight excluding hydrogens is 288 g/mol. The standard InChI is InChI=1S/C16H17ClN2O2/c1-11-5-2-3-8-14(11)19-15(20)10-21-16-12(9-18)6-4-7-13(16)17/h2-8H,9-10,18H2,1H3,(H,19,20). The van der Waals surface area contributed by atoms with Crippen LogP contribution in [0.2, 0.25) is 5.02 Å². The van der Waals surface area contributed by atoms with Gasteiger partial charge in [0, 0.05) is 17.8 Å². The molecule has 0 fully saturated rings. The monoisotopic (exact) mass is 304 g/mol. The van der Waals surface area contributed by atoms with E-state index in [0.29, 0.717) is 17.3 Å². The highest BCUT2D eigenvalue weighted by molar-refractivity contribution is 6.32. The fraction of sp³-hybridized carbons (Fsp3) is 0.188. The van der Waals surface area contributed by atoms with Crippen LogP contribution in [0.4, 0.5) is 5.69 Å². The average molecular weight is 305 g/mol. The zero-order valence-electron chi connectivity index (χ0n) is 11.7. The minimum Gasteiger partial charge on any atom is -0.482 e. The number of halogens is 1. The Morgan fingerprint density at radius 2 is 2.00 bits per heavy atom. The van der Waals surface area contributed by atoms with E-state index in [1.807, 2.05) is 37.3 Å². The van der Waals surface area contributed by atoms with Crippen molar-refractivity contribution < 1.29 is 9.53 Å². The molecule has 0 aliphatic rings. The number of hydrogen-bond acceptors (Lipinski definition) is 3. The first-order valence-corrected chi connectivity index (χ1v) is 6.95. The Morgan fingerprint density at radius 1 is 1.24 bits per heavy atom. The highest BCUT2D eigenvalue weighted by atomic mass is 35.5. The molecule has 0 aromatic heterocycles. The Bertz CT molecular complexity index is 644. The number of para-hydroxylation sites is 2. The summed E-state index contributed by atoms with van der Waals surface area (Å²) < 4.78 is 5.51. The van der Waals surface area contributed by atoms with E-state index >= 15 is 0 Å². The Morgan fingerprint density at radius 3 is 2.71 bits per heavy atom. The average Bonchev–Trinajstić information content (AvgIpc) is 2.48. The van der Waals surface area contributed by atoms with Gasteiger partial charge in [-0.15, -0.1) is 0 Å². The quantitative estimate of drug-likeness (QED) is 0.892. The Kier molecular flexibility index (Phi) is 5.20. The molecule has 0 bridgehead atoms. The summed E-state index contributed by atoms with van der Waals surface area (Å²) in [6.07, 6.45) is 0. The maximum atomic E-state index is 11.9. The molecule has 21 heavy (non-hydrogen) atoms. The SMILES string of the molecule is Cc1ccccc1NC(=O)COc1c(Cl)cccc1CN. The highest BCUT2D eigenvalue weighted by Gasteiger charge is 2.10. The third-order valence-electron chi connectivity index (χ3n) is 3.04. The first-order valence-electron chi connectivity index (χ1n) is 6.57. The van der Waals surface area contributed by atoms with Gasteiger partial charge in [0.05, 0.1) is 5.02 Å². The number of amides is 1. The van der Waals surface area contributed by atoms with Crippen LogP contribution in [-0.2, 0) is 11.3 Å². The van der Waals surface area contributed by atoms with Gasteiger partial charge in [-0.1, -0.05) is 41.9 Å². The predicted octanol–water partition coefficient (Wildman–Crippen LogP) is 3.12. The third-order valence-corrected chi connectivity index (χ3v) is 3.33. The van der Waals surface area contributed by atoms with Crippen molar-refractivity contribution in [3.05, 3.63) is 58.6 Å². The summed E-state index contributed by atoms with van der Waals surface area (Å²) in [5.41, 5.74) is 8.16. The highest BCUT2D eigenvalue weighted by Crippen LogP contribution is 2.28. The molecule has 0 saturated heterocycles. The minimum atomic E-state index is -0.243. The molecule has 2 rings (SSSR count). The molecule has 1 amide bonds. The predicted molar refractivity (Wildman–Crippen MR) is 84.6 cm³/mol. The van der Waals surface area contributed by atoms with Gasteiger partial charge in [-0.2, -0.15) is 0 Å². The van der Waals surface area contributed by atoms with Crippen molar-refractivity contribution in [1.82, 2.24) is 0 Å². The lowest BCUT2D eigenvalue weighted by molar-refractivity contribution is -0.118. The van der Waals surface area contributed by atoms with E-state index in [0.717, 1.165) is 16.8 Å². The number of ether oxygens (including phenoxy) is 1. The first kappa shape index (κ1) is 15.4. The van der Waals surface area contributed by atoms with Crippen LogP contribution in [0.15, 0.2) is 42.5 Å². The number of nitrogens with two attached hydrogens (primary N) is 1. The molecule has 4 nitrogen and oxygen atoms in total. The molecule has 0 spiro atoms. The van der Waals surface area contributed by atoms with Crippen LogP contribution < -0.4 is 15.8 Å². The van der Waals surface area contributed by atoms with Gasteiger partial charge in [0.25, 0.3) is 5.91 Å². The number of carbonyl (C=O) groups is 1. The number of anilines is 1. The van der Waals surface area contributed by atoms with Crippen molar-refractivity contribution in [2.45, 2.75) is 13.5 Å². The van der Waals surface area contributed by atoms with Crippen molar-refractivity contribution >= 4 is 23.2 Å². The first-order chi connectivity index (χ1) is 10.1. The number of nitrogens with one attached hydrogen (secondary N) is 1. The van der Waals surface area contributed by atoms with Crippen molar-refractivity contribution in [3.8, 4) is 5.75 Å². The van der Waals surface area contributed by atoms with Crippen LogP contribution in [-0.4, -0.2) is 12.5 Å². The van der Waals surface area contributed by atoms with Crippen LogP contribution >= 0.6 is 11.6 Å². The summed E-state index contributed by atoms with van der Waals surface area (Å²) in [7, 11) is 0. The van der Waals surface area contributed by atoms with Crippen molar-refractivity contribution in [3.63, 3.8) is 0 Å². The molecule has 3 N–H and O–H groups in total. The van der Waals surface area contributed by atoms with Gasteiger partial charge in [-0.25, -0.2) is 0 Å². The lowest BCUT2D eigenvalue weighted by Gasteiger charge is -2.12. The summed E-state index contributed by atoms with van der Waals surface area (Å²) in [6, 6.07) is 12.9. The summed E-state index contributed by atoms with van der Waals surface area (Å²) in [4.78, 5) is 11.9. The van der Waals surface area contributed by atoms with Crippen LogP contribution in [0, 0.1) is 6.92 Å². The normalized spacial score (nSPS) is 10.2. The van der Waals surface area contributed by atoms with E-state index in [1.165, 1.54) is 0 Å². The second-order valence-corrected chi connectivity index (χ2v) is 4.99. The molecule has 0 saturated carbocycles. The van der Waals surface area contributed by atoms with E-state index in [-0.39, 0.29) is 12.5 Å². The van der Waals surface area contributed by atoms with E-state index < -0.39 is 0 Å². The van der Waals surface area contributed by atoms with Crippen molar-refractivity contribution in [2.24, 2.45) is 5.73 Å². The van der Waals surface area contributed by atoms with Gasteiger partial charge in [-0.05, 0) is 24.6 Å². The van der Waals surface area contributed by atoms with Crippen LogP contribution in [0.1, 0.15) is 11.1 Å². The molecule has 2 aromatic carbocycles. The summed E-state index contributed by atoms with van der Waals surface area (Å²) >= 11 is 6.06. The molecular formula is C16H17ClN2O2. The molecule has 0 aliphatic heterocycles. The number of benzene rings is 2. The van der Waals surface area contributed by atoms with Gasteiger partial charge in [0.15, 0.2) is 6.61 Å². The number of aryl methyl sites for hydroxylation is 1. The van der Waals surface area contributed by atoms with Gasteiger partial charge in [0.2, 0.25) is 0 Å². The van der Waals surface area contributed by atoms with Gasteiger partial charge >= 0.3 is 0 Å². The largest absolute Gasteiger partial charge is 0.482 e. The van der Waals surface area contributed by atoms with Crippen molar-refractivity contribution in [2.75, 3.05) is 11.9 Å². The van der Waals surface area contributed by atoms with E-state index in [9.17, 15) is 4.79 Å². The Hall–Kier alpha value is -2.04. The fourth-order valence-corrected chi connectivity index (χ4v) is 2.16. The second kappa shape index (κ2) is 7.11. The molecule has 2 aromatic rings. The lowest BCUT2D eigenvalue weighted by atomic mass is 10.2. The van der Waals surface area contributed by atoms with Gasteiger partial charge < -0.3 is 15.8 Å². The summed E-state index contributed by atoms with van der Waals surface area (Å²) in [6.45, 7) is 2.11. The molecule has 0 unspecified atom stereocenters. The van der Waals surface area contributed by atoms with Gasteiger partial charge in [0.1, 0.15) is 5.75 Å². The summed E-state index contributed by atoms with van der Waals surface area (Å²) in [5.74, 6) is 0.216. The van der Waals surface area contributed by atoms with Crippen LogP contribution in [0.3, 0.4) is 0 Å². The third kappa shape index (κ3) is 3.97. The minimum absolute atomic E-state index is 0.120. The van der Waals surface area contributed by atoms with E-state index in [2.05, 4.69) is 5.32 Å². The summed E-state index contributed by atoms with van der Waals surface area (Å²) in [5, 5.41) is 3.25. The Labute approximate surface area is 128 Å². The second-order valence-electron chi connectivity index (χ2n) is 4.58. The van der Waals surface area contributed by atoms with Crippen molar-refractivity contribution in [1.29, 1.82) is 0 Å². The fourth-order valence-electron chi connectivity index (χ4n) is 1.91. The smallest absolute Gasteiger partial charge is 0.262 e. The molecule has 0 aliphatic carbocycles. The molecule has 0 heterocycles. The molecule has 110 valence electrons. The zero-order chi connectivity index (χ0) is 15.2. The zero-order valence-corrected chi connectivity index (χ0v) is 12.5. The lowest BCUT2D eigenvalue weighted by Crippen LogP contribution is -2.21. The van der Waals surface area contributed by atoms with Gasteiger partial charge in [-0.3, -0.25) is 4.79 Å². The maximum absolute atomic E-state index is 11.9. The molecule has 5 heteroatoms. The molecule has 0 atom stereocenters. The maximum Gasteiger partial charge on any atom is 0.262 e. The topological polar surface area (TPSA) is 64.3 Å².